The number of piperidine rings is 1. The molecule has 1 atom stereocenters. The normalized spacial score (nSPS) is 25.6. The molecule has 2 aliphatic heterocycles. The number of nitrogens with zero attached hydrogens (tertiary/aromatic N) is 3. The topological polar surface area (TPSA) is 38.8 Å². The van der Waals surface area contributed by atoms with Crippen LogP contribution in [0.15, 0.2) is 0 Å². The van der Waals surface area contributed by atoms with Crippen molar-refractivity contribution in [2.24, 2.45) is 0 Å². The molecule has 2 fully saturated rings. The molecule has 0 saturated carbocycles. The number of nitrogens with one attached hydrogen (secondary N) is 1. The smallest absolute Gasteiger partial charge is 0.317 e. The minimum Gasteiger partial charge on any atom is -0.337 e. The van der Waals surface area contributed by atoms with E-state index in [1.54, 1.807) is 0 Å². The van der Waals surface area contributed by atoms with Gasteiger partial charge >= 0.3 is 6.03 Å². The summed E-state index contributed by atoms with van der Waals surface area (Å²) in [6.07, 6.45) is 5.04. The predicted molar refractivity (Wildman–Crippen MR) is 86.6 cm³/mol. The van der Waals surface area contributed by atoms with Crippen molar-refractivity contribution >= 4 is 6.03 Å². The van der Waals surface area contributed by atoms with Gasteiger partial charge in [0.25, 0.3) is 0 Å². The fourth-order valence-electron chi connectivity index (χ4n) is 3.40. The first-order valence-electron chi connectivity index (χ1n) is 8.70. The van der Waals surface area contributed by atoms with Gasteiger partial charge in [0.15, 0.2) is 0 Å². The number of urea groups is 1. The number of rotatable bonds is 4. The first kappa shape index (κ1) is 16.6. The molecule has 2 saturated heterocycles. The van der Waals surface area contributed by atoms with Gasteiger partial charge < -0.3 is 15.1 Å². The number of likely N-dealkylation sites (N-methyl/N-ethyl adjacent to an activating group) is 1. The van der Waals surface area contributed by atoms with E-state index >= 15 is 0 Å². The summed E-state index contributed by atoms with van der Waals surface area (Å²) in [6.45, 7) is 12.4. The highest BCUT2D eigenvalue weighted by Crippen LogP contribution is 2.15. The van der Waals surface area contributed by atoms with E-state index in [4.69, 9.17) is 0 Å². The Labute approximate surface area is 129 Å². The SMILES string of the molecule is CCN1CCCN(C(=O)NCCN2CCCC[C@H]2C)CC1. The summed E-state index contributed by atoms with van der Waals surface area (Å²) in [6, 6.07) is 0.796. The van der Waals surface area contributed by atoms with Crippen LogP contribution in [0.1, 0.15) is 39.5 Å². The van der Waals surface area contributed by atoms with Gasteiger partial charge in [0, 0.05) is 38.8 Å². The van der Waals surface area contributed by atoms with E-state index in [-0.39, 0.29) is 6.03 Å². The molecule has 1 N–H and O–H groups in total. The molecule has 0 aliphatic carbocycles. The van der Waals surface area contributed by atoms with Gasteiger partial charge in [-0.2, -0.15) is 0 Å². The Morgan fingerprint density at radius 2 is 1.95 bits per heavy atom. The summed E-state index contributed by atoms with van der Waals surface area (Å²) in [5, 5.41) is 3.11. The lowest BCUT2D eigenvalue weighted by molar-refractivity contribution is 0.158. The van der Waals surface area contributed by atoms with E-state index in [0.29, 0.717) is 6.04 Å². The number of likely N-dealkylation sites (tertiary alicyclic amines) is 1. The standard InChI is InChI=1S/C16H32N4O/c1-3-18-9-6-11-20(14-13-18)16(21)17-8-12-19-10-5-4-7-15(19)2/h15H,3-14H2,1-2H3,(H,17,21)/t15-/m1/s1. The van der Waals surface area contributed by atoms with E-state index in [0.717, 1.165) is 52.2 Å². The molecule has 21 heavy (non-hydrogen) atoms. The number of amides is 2. The molecule has 5 nitrogen and oxygen atoms in total. The summed E-state index contributed by atoms with van der Waals surface area (Å²) in [4.78, 5) is 19.2. The zero-order valence-corrected chi connectivity index (χ0v) is 13.8. The van der Waals surface area contributed by atoms with Gasteiger partial charge in [0.2, 0.25) is 0 Å². The fraction of sp³-hybridized carbons (Fsp3) is 0.938. The van der Waals surface area contributed by atoms with Crippen LogP contribution in [-0.2, 0) is 0 Å². The third-order valence-corrected chi connectivity index (χ3v) is 4.94. The van der Waals surface area contributed by atoms with Crippen LogP contribution in [0, 0.1) is 0 Å². The lowest BCUT2D eigenvalue weighted by atomic mass is 10.0. The van der Waals surface area contributed by atoms with Crippen LogP contribution in [0.2, 0.25) is 0 Å². The molecule has 0 bridgehead atoms. The van der Waals surface area contributed by atoms with Gasteiger partial charge in [-0.15, -0.1) is 0 Å². The quantitative estimate of drug-likeness (QED) is 0.856. The molecular weight excluding hydrogens is 264 g/mol. The minimum atomic E-state index is 0.123. The second-order valence-electron chi connectivity index (χ2n) is 6.39. The summed E-state index contributed by atoms with van der Waals surface area (Å²) >= 11 is 0. The second-order valence-corrected chi connectivity index (χ2v) is 6.39. The molecule has 5 heteroatoms. The van der Waals surface area contributed by atoms with Gasteiger partial charge in [-0.1, -0.05) is 13.3 Å². The Bertz CT molecular complexity index is 323. The van der Waals surface area contributed by atoms with Crippen molar-refractivity contribution in [2.45, 2.75) is 45.6 Å². The largest absolute Gasteiger partial charge is 0.337 e. The molecule has 122 valence electrons. The Hall–Kier alpha value is -0.810. The van der Waals surface area contributed by atoms with Gasteiger partial charge in [-0.3, -0.25) is 4.90 Å². The Morgan fingerprint density at radius 3 is 2.71 bits per heavy atom. The zero-order chi connectivity index (χ0) is 15.1. The molecule has 2 amide bonds. The van der Waals surface area contributed by atoms with E-state index in [2.05, 4.69) is 29.0 Å². The summed E-state index contributed by atoms with van der Waals surface area (Å²) in [5.74, 6) is 0. The van der Waals surface area contributed by atoms with Crippen LogP contribution in [0.3, 0.4) is 0 Å². The molecule has 0 aromatic heterocycles. The average molecular weight is 296 g/mol. The number of hydrogen-bond acceptors (Lipinski definition) is 3. The summed E-state index contributed by atoms with van der Waals surface area (Å²) in [5.41, 5.74) is 0. The predicted octanol–water partition coefficient (Wildman–Crippen LogP) is 1.60. The molecule has 0 spiro atoms. The highest BCUT2D eigenvalue weighted by atomic mass is 16.2. The fourth-order valence-corrected chi connectivity index (χ4v) is 3.40. The lowest BCUT2D eigenvalue weighted by Crippen LogP contribution is -2.46. The highest BCUT2D eigenvalue weighted by molar-refractivity contribution is 5.74. The molecule has 0 unspecified atom stereocenters. The summed E-state index contributed by atoms with van der Waals surface area (Å²) in [7, 11) is 0. The number of carbonyl (C=O) groups is 1. The van der Waals surface area contributed by atoms with Crippen molar-refractivity contribution in [1.29, 1.82) is 0 Å². The molecule has 2 rings (SSSR count). The monoisotopic (exact) mass is 296 g/mol. The minimum absolute atomic E-state index is 0.123. The lowest BCUT2D eigenvalue weighted by Gasteiger charge is -2.33. The first-order valence-corrected chi connectivity index (χ1v) is 8.70. The van der Waals surface area contributed by atoms with Crippen LogP contribution in [0.25, 0.3) is 0 Å². The van der Waals surface area contributed by atoms with Crippen molar-refractivity contribution in [2.75, 3.05) is 52.4 Å². The van der Waals surface area contributed by atoms with Crippen LogP contribution >= 0.6 is 0 Å². The van der Waals surface area contributed by atoms with Crippen molar-refractivity contribution in [1.82, 2.24) is 20.0 Å². The molecule has 2 aliphatic rings. The molecule has 0 aromatic rings. The van der Waals surface area contributed by atoms with Crippen molar-refractivity contribution < 1.29 is 4.79 Å². The second kappa shape index (κ2) is 8.59. The molecule has 0 radical (unpaired) electrons. The highest BCUT2D eigenvalue weighted by Gasteiger charge is 2.20. The van der Waals surface area contributed by atoms with Gasteiger partial charge in [0.05, 0.1) is 0 Å². The maximum atomic E-state index is 12.2. The maximum absolute atomic E-state index is 12.2. The number of hydrogen-bond donors (Lipinski definition) is 1. The number of carbonyl (C=O) groups excluding carboxylic acids is 1. The van der Waals surface area contributed by atoms with E-state index in [1.165, 1.54) is 25.8 Å². The first-order chi connectivity index (χ1) is 10.2. The summed E-state index contributed by atoms with van der Waals surface area (Å²) < 4.78 is 0. The van der Waals surface area contributed by atoms with E-state index in [9.17, 15) is 4.79 Å². The Kier molecular flexibility index (Phi) is 6.77. The van der Waals surface area contributed by atoms with Crippen molar-refractivity contribution in [3.05, 3.63) is 0 Å². The Balaban J connectivity index is 1.66. The molecular formula is C16H32N4O. The van der Waals surface area contributed by atoms with E-state index in [1.807, 2.05) is 4.90 Å². The van der Waals surface area contributed by atoms with Crippen LogP contribution in [0.4, 0.5) is 4.79 Å². The van der Waals surface area contributed by atoms with Crippen LogP contribution < -0.4 is 5.32 Å². The zero-order valence-electron chi connectivity index (χ0n) is 13.8. The average Bonchev–Trinajstić information content (AvgIpc) is 2.74. The van der Waals surface area contributed by atoms with Gasteiger partial charge in [-0.05, 0) is 45.8 Å². The van der Waals surface area contributed by atoms with Gasteiger partial charge in [0.1, 0.15) is 0 Å². The Morgan fingerprint density at radius 1 is 1.10 bits per heavy atom. The molecule has 2 heterocycles. The maximum Gasteiger partial charge on any atom is 0.317 e. The van der Waals surface area contributed by atoms with E-state index < -0.39 is 0 Å². The van der Waals surface area contributed by atoms with Crippen LogP contribution in [0.5, 0.6) is 0 Å². The van der Waals surface area contributed by atoms with Crippen molar-refractivity contribution in [3.8, 4) is 0 Å². The third kappa shape index (κ3) is 5.15. The van der Waals surface area contributed by atoms with Crippen LogP contribution in [-0.4, -0.2) is 79.1 Å². The molecule has 0 aromatic carbocycles. The third-order valence-electron chi connectivity index (χ3n) is 4.94. The van der Waals surface area contributed by atoms with Crippen molar-refractivity contribution in [3.63, 3.8) is 0 Å². The van der Waals surface area contributed by atoms with Gasteiger partial charge in [-0.25, -0.2) is 4.79 Å².